The summed E-state index contributed by atoms with van der Waals surface area (Å²) in [6.45, 7) is 6.21. The molecule has 1 aromatic rings. The van der Waals surface area contributed by atoms with Gasteiger partial charge in [-0.25, -0.2) is 0 Å². The molecule has 0 heterocycles. The number of benzene rings is 1. The molecule has 20 heavy (non-hydrogen) atoms. The molecule has 1 aromatic carbocycles. The quantitative estimate of drug-likeness (QED) is 0.624. The largest absolute Gasteiger partial charge is 0.493 e. The van der Waals surface area contributed by atoms with E-state index in [1.165, 1.54) is 0 Å². The Morgan fingerprint density at radius 3 is 2.55 bits per heavy atom. The van der Waals surface area contributed by atoms with Crippen LogP contribution in [0.15, 0.2) is 18.2 Å². The summed E-state index contributed by atoms with van der Waals surface area (Å²) in [6.07, 6.45) is 1.18. The Morgan fingerprint density at radius 1 is 1.20 bits per heavy atom. The number of fused-ring (bicyclic) bond motifs is 1. The molecule has 2 rings (SSSR count). The fraction of sp³-hybridized carbons (Fsp3) is 0.375. The first-order valence-corrected chi connectivity index (χ1v) is 6.47. The van der Waals surface area contributed by atoms with Crippen molar-refractivity contribution in [3.8, 4) is 17.8 Å². The Balaban J connectivity index is 2.24. The highest BCUT2D eigenvalue weighted by Crippen LogP contribution is 2.28. The molecule has 104 valence electrons. The summed E-state index contributed by atoms with van der Waals surface area (Å²) in [5, 5.41) is 0. The lowest BCUT2D eigenvalue weighted by molar-refractivity contribution is 0.0659. The summed E-state index contributed by atoms with van der Waals surface area (Å²) in [4.78, 5) is 24.2. The van der Waals surface area contributed by atoms with Gasteiger partial charge in [0.15, 0.2) is 0 Å². The Labute approximate surface area is 118 Å². The van der Waals surface area contributed by atoms with Gasteiger partial charge in [0.25, 0.3) is 0 Å². The molecule has 1 aliphatic carbocycles. The molecule has 1 unspecified atom stereocenters. The van der Waals surface area contributed by atoms with Crippen molar-refractivity contribution in [2.45, 2.75) is 26.9 Å². The average Bonchev–Trinajstić information content (AvgIpc) is 2.66. The van der Waals surface area contributed by atoms with Crippen molar-refractivity contribution in [2.24, 2.45) is 5.92 Å². The van der Waals surface area contributed by atoms with E-state index < -0.39 is 6.10 Å². The average molecular weight is 272 g/mol. The third-order valence-corrected chi connectivity index (χ3v) is 2.86. The fourth-order valence-electron chi connectivity index (χ4n) is 1.92. The van der Waals surface area contributed by atoms with Gasteiger partial charge in [0.1, 0.15) is 11.9 Å². The summed E-state index contributed by atoms with van der Waals surface area (Å²) >= 11 is 0. The number of ether oxygens (including phenoxy) is 2. The molecule has 0 amide bonds. The van der Waals surface area contributed by atoms with Gasteiger partial charge in [0.2, 0.25) is 17.7 Å². The normalized spacial score (nSPS) is 16.7. The molecule has 0 saturated heterocycles. The van der Waals surface area contributed by atoms with E-state index in [0.29, 0.717) is 29.4 Å². The van der Waals surface area contributed by atoms with Crippen LogP contribution in [0.1, 0.15) is 41.5 Å². The minimum atomic E-state index is -1.14. The molecule has 0 radical (unpaired) electrons. The van der Waals surface area contributed by atoms with Crippen molar-refractivity contribution in [1.29, 1.82) is 0 Å². The minimum Gasteiger partial charge on any atom is -0.493 e. The maximum Gasteiger partial charge on any atom is 0.235 e. The third kappa shape index (κ3) is 2.67. The van der Waals surface area contributed by atoms with Crippen molar-refractivity contribution in [3.05, 3.63) is 29.3 Å². The monoisotopic (exact) mass is 272 g/mol. The third-order valence-electron chi connectivity index (χ3n) is 2.86. The van der Waals surface area contributed by atoms with Crippen LogP contribution in [0.3, 0.4) is 0 Å². The van der Waals surface area contributed by atoms with Crippen LogP contribution >= 0.6 is 0 Å². The van der Waals surface area contributed by atoms with Crippen molar-refractivity contribution in [1.82, 2.24) is 0 Å². The van der Waals surface area contributed by atoms with E-state index in [0.717, 1.165) is 0 Å². The van der Waals surface area contributed by atoms with Crippen LogP contribution in [0.25, 0.3) is 0 Å². The predicted octanol–water partition coefficient (Wildman–Crippen LogP) is 2.47. The van der Waals surface area contributed by atoms with E-state index >= 15 is 0 Å². The highest BCUT2D eigenvalue weighted by atomic mass is 16.5. The van der Waals surface area contributed by atoms with E-state index in [4.69, 9.17) is 9.47 Å². The Kier molecular flexibility index (Phi) is 4.09. The SMILES string of the molecule is CC#COC1C(=O)c2ccc(OCC(C)C)cc2C1=O. The zero-order valence-corrected chi connectivity index (χ0v) is 11.7. The zero-order valence-electron chi connectivity index (χ0n) is 11.7. The first-order chi connectivity index (χ1) is 9.54. The molecule has 0 bridgehead atoms. The van der Waals surface area contributed by atoms with Gasteiger partial charge in [0.05, 0.1) is 6.61 Å². The smallest absolute Gasteiger partial charge is 0.235 e. The Hall–Kier alpha value is -2.28. The lowest BCUT2D eigenvalue weighted by Gasteiger charge is -2.09. The number of Topliss-reactive ketones (excluding diaryl/α,β-unsaturated/α-hetero) is 2. The minimum absolute atomic E-state index is 0.344. The van der Waals surface area contributed by atoms with Crippen molar-refractivity contribution in [2.75, 3.05) is 6.61 Å². The summed E-state index contributed by atoms with van der Waals surface area (Å²) in [5.74, 6) is 2.77. The number of carbonyl (C=O) groups is 2. The van der Waals surface area contributed by atoms with Crippen LogP contribution in [0.2, 0.25) is 0 Å². The molecular formula is C16H16O4. The lowest BCUT2D eigenvalue weighted by atomic mass is 10.1. The highest BCUT2D eigenvalue weighted by Gasteiger charge is 2.40. The van der Waals surface area contributed by atoms with Crippen LogP contribution < -0.4 is 4.74 Å². The van der Waals surface area contributed by atoms with Gasteiger partial charge in [-0.15, -0.1) is 0 Å². The van der Waals surface area contributed by atoms with Crippen molar-refractivity contribution < 1.29 is 19.1 Å². The molecule has 1 atom stereocenters. The number of hydrogen-bond acceptors (Lipinski definition) is 4. The molecular weight excluding hydrogens is 256 g/mol. The highest BCUT2D eigenvalue weighted by molar-refractivity contribution is 6.28. The van der Waals surface area contributed by atoms with E-state index in [9.17, 15) is 9.59 Å². The summed E-state index contributed by atoms with van der Waals surface area (Å²) in [6, 6.07) is 4.90. The second-order valence-corrected chi connectivity index (χ2v) is 4.99. The van der Waals surface area contributed by atoms with Crippen molar-refractivity contribution >= 4 is 11.6 Å². The molecule has 4 heteroatoms. The summed E-state index contributed by atoms with van der Waals surface area (Å²) in [5.41, 5.74) is 0.717. The number of hydrogen-bond donors (Lipinski definition) is 0. The lowest BCUT2D eigenvalue weighted by Crippen LogP contribution is -2.23. The molecule has 4 nitrogen and oxygen atoms in total. The standard InChI is InChI=1S/C16H16O4/c1-4-7-19-16-14(17)12-6-5-11(20-9-10(2)3)8-13(12)15(16)18/h5-6,8,10,16H,9H2,1-3H3. The van der Waals surface area contributed by atoms with E-state index in [1.807, 2.05) is 13.8 Å². The summed E-state index contributed by atoms with van der Waals surface area (Å²) < 4.78 is 10.6. The maximum absolute atomic E-state index is 12.1. The predicted molar refractivity (Wildman–Crippen MR) is 73.8 cm³/mol. The van der Waals surface area contributed by atoms with Crippen LogP contribution in [-0.2, 0) is 4.74 Å². The topological polar surface area (TPSA) is 52.6 Å². The van der Waals surface area contributed by atoms with E-state index in [-0.39, 0.29) is 11.6 Å². The molecule has 0 aliphatic heterocycles. The van der Waals surface area contributed by atoms with Gasteiger partial charge in [0, 0.05) is 18.1 Å². The second kappa shape index (κ2) is 5.79. The summed E-state index contributed by atoms with van der Waals surface area (Å²) in [7, 11) is 0. The number of ketones is 2. The molecule has 0 aromatic heterocycles. The van der Waals surface area contributed by atoms with Crippen LogP contribution in [0.5, 0.6) is 5.75 Å². The number of rotatable bonds is 4. The van der Waals surface area contributed by atoms with Crippen LogP contribution in [0.4, 0.5) is 0 Å². The molecule has 0 fully saturated rings. The van der Waals surface area contributed by atoms with Gasteiger partial charge in [-0.05, 0) is 24.1 Å². The first kappa shape index (κ1) is 14.1. The van der Waals surface area contributed by atoms with E-state index in [2.05, 4.69) is 12.0 Å². The Morgan fingerprint density at radius 2 is 1.90 bits per heavy atom. The number of carbonyl (C=O) groups excluding carboxylic acids is 2. The fourth-order valence-corrected chi connectivity index (χ4v) is 1.92. The maximum atomic E-state index is 12.1. The second-order valence-electron chi connectivity index (χ2n) is 4.99. The van der Waals surface area contributed by atoms with Gasteiger partial charge in [-0.1, -0.05) is 19.8 Å². The molecule has 0 spiro atoms. The van der Waals surface area contributed by atoms with Gasteiger partial charge in [-0.3, -0.25) is 9.59 Å². The van der Waals surface area contributed by atoms with Crippen molar-refractivity contribution in [3.63, 3.8) is 0 Å². The molecule has 0 saturated carbocycles. The van der Waals surface area contributed by atoms with Crippen LogP contribution in [0, 0.1) is 17.9 Å². The molecule has 0 N–H and O–H groups in total. The first-order valence-electron chi connectivity index (χ1n) is 6.47. The zero-order chi connectivity index (χ0) is 14.7. The van der Waals surface area contributed by atoms with Gasteiger partial charge < -0.3 is 9.47 Å². The van der Waals surface area contributed by atoms with E-state index in [1.54, 1.807) is 25.1 Å². The van der Waals surface area contributed by atoms with Gasteiger partial charge in [-0.2, -0.15) is 0 Å². The van der Waals surface area contributed by atoms with Gasteiger partial charge >= 0.3 is 0 Å². The van der Waals surface area contributed by atoms with Crippen LogP contribution in [-0.4, -0.2) is 24.3 Å². The molecule has 1 aliphatic rings. The Bertz CT molecular complexity index is 605.